The van der Waals surface area contributed by atoms with Gasteiger partial charge in [-0.15, -0.1) is 0 Å². The lowest BCUT2D eigenvalue weighted by atomic mass is 10.1. The predicted molar refractivity (Wildman–Crippen MR) is 78.4 cm³/mol. The molecule has 0 fully saturated rings. The summed E-state index contributed by atoms with van der Waals surface area (Å²) >= 11 is 0. The van der Waals surface area contributed by atoms with Crippen molar-refractivity contribution in [2.24, 2.45) is 0 Å². The van der Waals surface area contributed by atoms with Crippen LogP contribution in [-0.2, 0) is 4.74 Å². The smallest absolute Gasteiger partial charge is 0.345 e. The fourth-order valence-electron chi connectivity index (χ4n) is 1.64. The van der Waals surface area contributed by atoms with E-state index in [9.17, 15) is 25.0 Å². The molecule has 1 rings (SSSR count). The summed E-state index contributed by atoms with van der Waals surface area (Å²) in [5, 5.41) is 22.1. The van der Waals surface area contributed by atoms with Crippen LogP contribution in [0.3, 0.4) is 0 Å². The summed E-state index contributed by atoms with van der Waals surface area (Å²) in [6.45, 7) is 1.60. The van der Waals surface area contributed by atoms with Crippen molar-refractivity contribution in [1.82, 2.24) is 4.90 Å². The van der Waals surface area contributed by atoms with Gasteiger partial charge in [0.05, 0.1) is 28.1 Å². The van der Waals surface area contributed by atoms with Crippen molar-refractivity contribution < 1.29 is 19.4 Å². The molecule has 0 aromatic heterocycles. The third kappa shape index (κ3) is 4.01. The third-order valence-corrected chi connectivity index (χ3v) is 2.59. The van der Waals surface area contributed by atoms with Crippen molar-refractivity contribution in [2.75, 3.05) is 20.7 Å². The number of carbonyl (C=O) groups excluding carboxylic acids is 1. The molecule has 0 N–H and O–H groups in total. The second kappa shape index (κ2) is 7.16. The van der Waals surface area contributed by atoms with Crippen LogP contribution in [0.2, 0.25) is 0 Å². The first-order chi connectivity index (χ1) is 10.3. The Balaban J connectivity index is 3.55. The molecule has 0 radical (unpaired) electrons. The SMILES string of the molecule is CCOC(=O)c1cc(/C=C/N(C)C)c([N+](=O)[O-])cc1[N+](=O)[O-]. The van der Waals surface area contributed by atoms with Gasteiger partial charge in [-0.05, 0) is 25.3 Å². The monoisotopic (exact) mass is 309 g/mol. The number of rotatable bonds is 6. The number of hydrogen-bond acceptors (Lipinski definition) is 7. The molecule has 0 spiro atoms. The highest BCUT2D eigenvalue weighted by Crippen LogP contribution is 2.30. The molecule has 0 bridgehead atoms. The van der Waals surface area contributed by atoms with E-state index in [0.717, 1.165) is 12.1 Å². The maximum Gasteiger partial charge on any atom is 0.345 e. The largest absolute Gasteiger partial charge is 0.462 e. The van der Waals surface area contributed by atoms with Gasteiger partial charge in [0.1, 0.15) is 5.56 Å². The van der Waals surface area contributed by atoms with E-state index in [1.807, 2.05) is 0 Å². The van der Waals surface area contributed by atoms with Crippen molar-refractivity contribution in [1.29, 1.82) is 0 Å². The molecule has 22 heavy (non-hydrogen) atoms. The minimum atomic E-state index is -0.899. The topological polar surface area (TPSA) is 116 Å². The molecule has 1 aromatic rings. The second-order valence-corrected chi connectivity index (χ2v) is 4.44. The van der Waals surface area contributed by atoms with Gasteiger partial charge in [0, 0.05) is 14.1 Å². The zero-order chi connectivity index (χ0) is 16.9. The Hall–Kier alpha value is -2.97. The standard InChI is InChI=1S/C13H15N3O6/c1-4-22-13(17)10-7-9(5-6-14(2)3)11(15(18)19)8-12(10)16(20)21/h5-8H,4H2,1-3H3/b6-5+. The highest BCUT2D eigenvalue weighted by molar-refractivity contribution is 5.95. The van der Waals surface area contributed by atoms with Crippen LogP contribution in [-0.4, -0.2) is 41.4 Å². The van der Waals surface area contributed by atoms with Crippen molar-refractivity contribution >= 4 is 23.4 Å². The molecule has 0 atom stereocenters. The van der Waals surface area contributed by atoms with Gasteiger partial charge in [0.15, 0.2) is 0 Å². The van der Waals surface area contributed by atoms with Crippen molar-refractivity contribution in [3.05, 3.63) is 49.7 Å². The zero-order valence-electron chi connectivity index (χ0n) is 12.3. The Labute approximate surface area is 126 Å². The maximum absolute atomic E-state index is 11.8. The lowest BCUT2D eigenvalue weighted by Gasteiger charge is -2.07. The van der Waals surface area contributed by atoms with Crippen LogP contribution in [0.5, 0.6) is 0 Å². The number of nitrogens with zero attached hydrogens (tertiary/aromatic N) is 3. The van der Waals surface area contributed by atoms with Crippen LogP contribution < -0.4 is 0 Å². The van der Waals surface area contributed by atoms with Crippen molar-refractivity contribution in [3.8, 4) is 0 Å². The van der Waals surface area contributed by atoms with Gasteiger partial charge in [-0.2, -0.15) is 0 Å². The predicted octanol–water partition coefficient (Wildman–Crippen LogP) is 2.21. The van der Waals surface area contributed by atoms with Crippen LogP contribution in [0.15, 0.2) is 18.3 Å². The normalized spacial score (nSPS) is 10.5. The van der Waals surface area contributed by atoms with Crippen LogP contribution >= 0.6 is 0 Å². The molecular weight excluding hydrogens is 294 g/mol. The summed E-state index contributed by atoms with van der Waals surface area (Å²) in [6.07, 6.45) is 2.92. The van der Waals surface area contributed by atoms with E-state index in [1.54, 1.807) is 25.9 Å². The number of nitro benzene ring substituents is 2. The lowest BCUT2D eigenvalue weighted by Crippen LogP contribution is -2.09. The third-order valence-electron chi connectivity index (χ3n) is 2.59. The first-order valence-corrected chi connectivity index (χ1v) is 6.26. The van der Waals surface area contributed by atoms with E-state index < -0.39 is 27.2 Å². The summed E-state index contributed by atoms with van der Waals surface area (Å²) in [7, 11) is 3.42. The molecule has 0 heterocycles. The molecule has 0 saturated carbocycles. The Morgan fingerprint density at radius 1 is 1.23 bits per heavy atom. The summed E-state index contributed by atoms with van der Waals surface area (Å²) in [6, 6.07) is 1.86. The average Bonchev–Trinajstić information content (AvgIpc) is 2.43. The van der Waals surface area contributed by atoms with Gasteiger partial charge in [-0.1, -0.05) is 0 Å². The first-order valence-electron chi connectivity index (χ1n) is 6.26. The summed E-state index contributed by atoms with van der Waals surface area (Å²) < 4.78 is 4.75. The van der Waals surface area contributed by atoms with E-state index in [-0.39, 0.29) is 17.7 Å². The molecule has 0 unspecified atom stereocenters. The molecule has 0 aliphatic heterocycles. The maximum atomic E-state index is 11.8. The Bertz CT molecular complexity index is 639. The van der Waals surface area contributed by atoms with Crippen molar-refractivity contribution in [3.63, 3.8) is 0 Å². The van der Waals surface area contributed by atoms with Gasteiger partial charge in [0.25, 0.3) is 11.4 Å². The van der Waals surface area contributed by atoms with E-state index in [4.69, 9.17) is 4.74 Å². The van der Waals surface area contributed by atoms with E-state index in [2.05, 4.69) is 0 Å². The molecule has 9 nitrogen and oxygen atoms in total. The number of ether oxygens (including phenoxy) is 1. The Morgan fingerprint density at radius 2 is 1.82 bits per heavy atom. The van der Waals surface area contributed by atoms with Crippen LogP contribution in [0.1, 0.15) is 22.8 Å². The molecule has 0 saturated heterocycles. The van der Waals surface area contributed by atoms with Crippen LogP contribution in [0.25, 0.3) is 6.08 Å². The minimum Gasteiger partial charge on any atom is -0.462 e. The Kier molecular flexibility index (Phi) is 5.56. The van der Waals surface area contributed by atoms with Gasteiger partial charge >= 0.3 is 5.97 Å². The molecule has 118 valence electrons. The number of hydrogen-bond donors (Lipinski definition) is 0. The molecular formula is C13H15N3O6. The highest BCUT2D eigenvalue weighted by Gasteiger charge is 2.27. The molecule has 0 aliphatic carbocycles. The number of esters is 1. The molecule has 0 aliphatic rings. The zero-order valence-corrected chi connectivity index (χ0v) is 12.3. The fraction of sp³-hybridized carbons (Fsp3) is 0.308. The molecule has 9 heteroatoms. The summed E-state index contributed by atoms with van der Waals surface area (Å²) in [5.41, 5.74) is -1.37. The fourth-order valence-corrected chi connectivity index (χ4v) is 1.64. The van der Waals surface area contributed by atoms with Gasteiger partial charge in [0.2, 0.25) is 0 Å². The number of benzene rings is 1. The molecule has 0 amide bonds. The van der Waals surface area contributed by atoms with Crippen LogP contribution in [0, 0.1) is 20.2 Å². The van der Waals surface area contributed by atoms with E-state index in [1.165, 1.54) is 12.3 Å². The average molecular weight is 309 g/mol. The number of nitro groups is 2. The summed E-state index contributed by atoms with van der Waals surface area (Å²) in [4.78, 5) is 34.0. The Morgan fingerprint density at radius 3 is 2.27 bits per heavy atom. The first kappa shape index (κ1) is 17.1. The van der Waals surface area contributed by atoms with Gasteiger partial charge in [-0.3, -0.25) is 20.2 Å². The van der Waals surface area contributed by atoms with E-state index >= 15 is 0 Å². The second-order valence-electron chi connectivity index (χ2n) is 4.44. The van der Waals surface area contributed by atoms with Gasteiger partial charge in [-0.25, -0.2) is 4.79 Å². The molecule has 1 aromatic carbocycles. The highest BCUT2D eigenvalue weighted by atomic mass is 16.6. The number of carbonyl (C=O) groups is 1. The lowest BCUT2D eigenvalue weighted by molar-refractivity contribution is -0.394. The van der Waals surface area contributed by atoms with Crippen LogP contribution in [0.4, 0.5) is 11.4 Å². The minimum absolute atomic E-state index is 0.0375. The van der Waals surface area contributed by atoms with Gasteiger partial charge < -0.3 is 9.64 Å². The summed E-state index contributed by atoms with van der Waals surface area (Å²) in [5.74, 6) is -0.899. The van der Waals surface area contributed by atoms with E-state index in [0.29, 0.717) is 0 Å². The quantitative estimate of drug-likeness (QED) is 0.449. The van der Waals surface area contributed by atoms with Crippen molar-refractivity contribution in [2.45, 2.75) is 6.92 Å².